The molecule has 0 radical (unpaired) electrons. The van der Waals surface area contributed by atoms with Crippen molar-refractivity contribution in [2.45, 2.75) is 76.0 Å². The summed E-state index contributed by atoms with van der Waals surface area (Å²) < 4.78 is 3.95. The Morgan fingerprint density at radius 1 is 0.630 bits per heavy atom. The second-order valence-corrected chi connectivity index (χ2v) is 31.1. The molecule has 0 nitrogen and oxygen atoms in total. The first-order valence-corrected chi connectivity index (χ1v) is 27.4. The largest absolute Gasteiger partial charge is 1.00 e. The molecule has 0 aromatic heterocycles. The van der Waals surface area contributed by atoms with E-state index in [1.54, 1.807) is 19.5 Å². The van der Waals surface area contributed by atoms with E-state index in [-0.39, 0.29) is 24.8 Å². The van der Waals surface area contributed by atoms with Gasteiger partial charge in [-0.1, -0.05) is 0 Å². The van der Waals surface area contributed by atoms with Crippen LogP contribution < -0.4 is 24.8 Å². The summed E-state index contributed by atoms with van der Waals surface area (Å²) in [5, 5.41) is 3.61. The van der Waals surface area contributed by atoms with E-state index in [1.807, 2.05) is 8.48 Å². The molecule has 5 heteroatoms. The number of rotatable bonds is 8. The molecule has 2 aliphatic rings. The molecule has 0 bridgehead atoms. The predicted molar refractivity (Wildman–Crippen MR) is 195 cm³/mol. The van der Waals surface area contributed by atoms with E-state index < -0.39 is 37.4 Å². The van der Waals surface area contributed by atoms with Gasteiger partial charge in [0.25, 0.3) is 0 Å². The number of benzene rings is 4. The topological polar surface area (TPSA) is 0 Å². The minimum Gasteiger partial charge on any atom is -1.00 e. The van der Waals surface area contributed by atoms with Gasteiger partial charge in [0.2, 0.25) is 0 Å². The first-order valence-electron chi connectivity index (χ1n) is 16.6. The molecule has 4 aromatic rings. The molecule has 0 unspecified atom stereocenters. The van der Waals surface area contributed by atoms with Crippen LogP contribution in [-0.2, 0) is 34.1 Å². The molecule has 46 heavy (non-hydrogen) atoms. The normalized spacial score (nSPS) is 14.0. The van der Waals surface area contributed by atoms with Gasteiger partial charge in [0.15, 0.2) is 0 Å². The van der Waals surface area contributed by atoms with Crippen molar-refractivity contribution >= 4 is 19.4 Å². The van der Waals surface area contributed by atoms with E-state index in [4.69, 9.17) is 0 Å². The van der Waals surface area contributed by atoms with Crippen molar-refractivity contribution < 1.29 is 46.1 Å². The van der Waals surface area contributed by atoms with Gasteiger partial charge in [-0.3, -0.25) is 0 Å². The van der Waals surface area contributed by atoms with E-state index in [1.165, 1.54) is 39.8 Å². The number of hydrogen-bond acceptors (Lipinski definition) is 0. The number of fused-ring (bicyclic) bond motifs is 3. The Morgan fingerprint density at radius 3 is 1.46 bits per heavy atom. The van der Waals surface area contributed by atoms with Crippen LogP contribution in [0.25, 0.3) is 11.1 Å². The molecule has 0 fully saturated rings. The SMILES string of the molecule is CCc1ccc2c(c1)[CH]([Zr+2]([C]1=CC([Si](C)(C)C)=C([Si](C)(C)C)C1)=[C](c1ccccc1)c1ccccc1)c1cc(CC)ccc1-2.[Cl-].[Cl-]. The van der Waals surface area contributed by atoms with Crippen LogP contribution in [0, 0.1) is 0 Å². The molecular formula is C41H48Cl2Si2Zr. The maximum Gasteiger partial charge on any atom is -1.00 e. The molecule has 0 saturated carbocycles. The molecule has 0 atom stereocenters. The Balaban J connectivity index is 0.00000240. The Kier molecular flexibility index (Phi) is 11.8. The van der Waals surface area contributed by atoms with Crippen molar-refractivity contribution in [2.75, 3.05) is 0 Å². The Hall–Kier alpha value is -1.87. The Morgan fingerprint density at radius 2 is 1.09 bits per heavy atom. The van der Waals surface area contributed by atoms with E-state index in [2.05, 4.69) is 156 Å². The molecular weight excluding hydrogens is 711 g/mol. The molecule has 0 amide bonds. The third-order valence-corrected chi connectivity index (χ3v) is 22.5. The zero-order valence-corrected chi connectivity index (χ0v) is 34.7. The fraction of sp³-hybridized carbons (Fsp3) is 0.293. The summed E-state index contributed by atoms with van der Waals surface area (Å²) in [5.41, 5.74) is 11.9. The van der Waals surface area contributed by atoms with Crippen molar-refractivity contribution in [3.63, 3.8) is 0 Å². The summed E-state index contributed by atoms with van der Waals surface area (Å²) in [6.07, 6.45) is 6.17. The zero-order valence-electron chi connectivity index (χ0n) is 28.8. The Labute approximate surface area is 300 Å². The minimum atomic E-state index is -2.77. The van der Waals surface area contributed by atoms with Gasteiger partial charge in [-0.15, -0.1) is 0 Å². The quantitative estimate of drug-likeness (QED) is 0.219. The van der Waals surface area contributed by atoms with Crippen LogP contribution >= 0.6 is 0 Å². The first kappa shape index (κ1) is 37.0. The first-order chi connectivity index (χ1) is 21.0. The van der Waals surface area contributed by atoms with Gasteiger partial charge in [0.1, 0.15) is 0 Å². The average Bonchev–Trinajstić information content (AvgIpc) is 3.61. The number of hydrogen-bond donors (Lipinski definition) is 0. The monoisotopic (exact) mass is 756 g/mol. The molecule has 238 valence electrons. The van der Waals surface area contributed by atoms with Gasteiger partial charge >= 0.3 is 278 Å². The van der Waals surface area contributed by atoms with Crippen molar-refractivity contribution in [3.05, 3.63) is 150 Å². The molecule has 0 saturated heterocycles. The van der Waals surface area contributed by atoms with E-state index in [0.29, 0.717) is 3.63 Å². The fourth-order valence-electron chi connectivity index (χ4n) is 7.40. The van der Waals surface area contributed by atoms with Gasteiger partial charge in [0, 0.05) is 0 Å². The van der Waals surface area contributed by atoms with E-state index in [0.717, 1.165) is 12.8 Å². The van der Waals surface area contributed by atoms with Gasteiger partial charge in [0.05, 0.1) is 0 Å². The number of allylic oxidation sites excluding steroid dienone is 4. The van der Waals surface area contributed by atoms with Crippen LogP contribution in [-0.4, -0.2) is 19.4 Å². The molecule has 0 spiro atoms. The smallest absolute Gasteiger partial charge is 1.00 e. The summed E-state index contributed by atoms with van der Waals surface area (Å²) in [5.74, 6) is 0. The second kappa shape index (κ2) is 14.7. The van der Waals surface area contributed by atoms with E-state index >= 15 is 0 Å². The van der Waals surface area contributed by atoms with Gasteiger partial charge < -0.3 is 24.8 Å². The van der Waals surface area contributed by atoms with Gasteiger partial charge in [-0.2, -0.15) is 0 Å². The zero-order chi connectivity index (χ0) is 31.2. The van der Waals surface area contributed by atoms with Crippen molar-refractivity contribution in [2.24, 2.45) is 0 Å². The summed E-state index contributed by atoms with van der Waals surface area (Å²) >= 11 is -2.77. The molecule has 0 aliphatic heterocycles. The summed E-state index contributed by atoms with van der Waals surface area (Å²) in [6.45, 7) is 20.1. The van der Waals surface area contributed by atoms with Crippen molar-refractivity contribution in [1.29, 1.82) is 0 Å². The second-order valence-electron chi connectivity index (χ2n) is 14.7. The van der Waals surface area contributed by atoms with Crippen molar-refractivity contribution in [1.82, 2.24) is 0 Å². The fourth-order valence-corrected chi connectivity index (χ4v) is 22.7. The number of halogens is 2. The van der Waals surface area contributed by atoms with Crippen molar-refractivity contribution in [3.8, 4) is 11.1 Å². The molecule has 4 aromatic carbocycles. The maximum atomic E-state index is 2.81. The molecule has 0 N–H and O–H groups in total. The van der Waals surface area contributed by atoms with Crippen LogP contribution in [0.15, 0.2) is 117 Å². The van der Waals surface area contributed by atoms with Crippen LogP contribution in [0.2, 0.25) is 39.3 Å². The van der Waals surface area contributed by atoms with Gasteiger partial charge in [-0.25, -0.2) is 0 Å². The minimum absolute atomic E-state index is 0. The summed E-state index contributed by atoms with van der Waals surface area (Å²) in [7, 11) is -3.04. The van der Waals surface area contributed by atoms with Gasteiger partial charge in [-0.05, 0) is 0 Å². The van der Waals surface area contributed by atoms with Crippen LogP contribution in [0.1, 0.15) is 57.3 Å². The maximum absolute atomic E-state index is 2.81. The van der Waals surface area contributed by atoms with Crippen LogP contribution in [0.5, 0.6) is 0 Å². The predicted octanol–water partition coefficient (Wildman–Crippen LogP) is 5.12. The summed E-state index contributed by atoms with van der Waals surface area (Å²) in [4.78, 5) is 0. The third-order valence-electron chi connectivity index (χ3n) is 9.71. The third kappa shape index (κ3) is 7.11. The summed E-state index contributed by atoms with van der Waals surface area (Å²) in [6, 6.07) is 37.8. The average molecular weight is 759 g/mol. The molecule has 6 rings (SSSR count). The Bertz CT molecular complexity index is 1710. The molecule has 0 heterocycles. The molecule has 2 aliphatic carbocycles. The van der Waals surface area contributed by atoms with E-state index in [9.17, 15) is 0 Å². The number of aryl methyl sites for hydroxylation is 2. The van der Waals surface area contributed by atoms with Crippen LogP contribution in [0.3, 0.4) is 0 Å². The van der Waals surface area contributed by atoms with Crippen LogP contribution in [0.4, 0.5) is 0 Å². The standard InChI is InChI=1S/C17H17.C13H10.C11H21Si2.2ClH.Zr/c1-3-12-5-7-16-14(9-12)11-15-10-13(4-2)6-8-17(15)16;1-3-7-12(8-4-1)11-13-9-5-2-6-10-13;1-12(2,3)10-8-7-9-11(10)13(4,5)6;;;/h5-11H,3-4H2,1-2H3;1-10H;8H,9H2,1-6H3;2*1H;/q;;;;;+2/p-2.